The average Bonchev–Trinajstić information content (AvgIpc) is 2.75. The number of rotatable bonds is 4. The van der Waals surface area contributed by atoms with Crippen molar-refractivity contribution >= 4 is 11.3 Å². The highest BCUT2D eigenvalue weighted by Crippen LogP contribution is 2.38. The second kappa shape index (κ2) is 7.32. The Labute approximate surface area is 154 Å². The smallest absolute Gasteiger partial charge is 0.129 e. The van der Waals surface area contributed by atoms with Gasteiger partial charge in [-0.15, -0.1) is 0 Å². The van der Waals surface area contributed by atoms with Crippen LogP contribution in [0.5, 0.6) is 0 Å². The van der Waals surface area contributed by atoms with E-state index in [-0.39, 0.29) is 0 Å². The molecule has 0 amide bonds. The highest BCUT2D eigenvalue weighted by molar-refractivity contribution is 5.75. The van der Waals surface area contributed by atoms with Gasteiger partial charge in [0.1, 0.15) is 5.54 Å². The average molecular weight is 336 g/mol. The summed E-state index contributed by atoms with van der Waals surface area (Å²) in [7, 11) is 0. The van der Waals surface area contributed by atoms with Crippen LogP contribution >= 0.6 is 0 Å². The minimum absolute atomic E-state index is 0.463. The lowest BCUT2D eigenvalue weighted by atomic mass is 9.82. The van der Waals surface area contributed by atoms with Crippen molar-refractivity contribution in [3.05, 3.63) is 120 Å². The molecule has 2 heteroatoms. The molecule has 0 heterocycles. The summed E-state index contributed by atoms with van der Waals surface area (Å²) in [4.78, 5) is 0. The fraction of sp³-hybridized carbons (Fsp3) is 0.0833. The van der Waals surface area contributed by atoms with Crippen LogP contribution in [0.25, 0.3) is 5.57 Å². The van der Waals surface area contributed by atoms with Crippen LogP contribution in [0.4, 0.5) is 5.69 Å². The zero-order valence-corrected chi connectivity index (χ0v) is 14.5. The Balaban J connectivity index is 1.69. The van der Waals surface area contributed by atoms with E-state index in [4.69, 9.17) is 5.11 Å². The van der Waals surface area contributed by atoms with Crippen molar-refractivity contribution in [2.75, 3.05) is 0 Å². The number of benzene rings is 3. The summed E-state index contributed by atoms with van der Waals surface area (Å²) in [5, 5.41) is 9.30. The Morgan fingerprint density at radius 3 is 1.92 bits per heavy atom. The fourth-order valence-corrected chi connectivity index (χ4v) is 3.19. The Bertz CT molecular complexity index is 941. The summed E-state index contributed by atoms with van der Waals surface area (Å²) in [5.41, 5.74) is 4.01. The molecule has 1 unspecified atom stereocenters. The Kier molecular flexibility index (Phi) is 4.57. The molecule has 0 radical (unpaired) electrons. The summed E-state index contributed by atoms with van der Waals surface area (Å²) >= 11 is 0. The lowest BCUT2D eigenvalue weighted by molar-refractivity contribution is 0.540. The number of hydrogen-bond acceptors (Lipinski definition) is 2. The monoisotopic (exact) mass is 336 g/mol. The molecule has 1 aliphatic rings. The van der Waals surface area contributed by atoms with Crippen molar-refractivity contribution in [3.63, 3.8) is 0 Å². The molecule has 1 atom stereocenters. The third kappa shape index (κ3) is 3.40. The molecule has 3 aromatic carbocycles. The van der Waals surface area contributed by atoms with E-state index in [1.54, 1.807) is 0 Å². The largest absolute Gasteiger partial charge is 0.172 e. The molecular formula is C24H20N2. The Hall–Kier alpha value is -3.26. The molecule has 0 fully saturated rings. The van der Waals surface area contributed by atoms with E-state index in [1.807, 2.05) is 42.5 Å². The molecule has 0 N–H and O–H groups in total. The van der Waals surface area contributed by atoms with Crippen molar-refractivity contribution < 1.29 is 0 Å². The minimum Gasteiger partial charge on any atom is -0.172 e. The third-order valence-electron chi connectivity index (χ3n) is 4.65. The van der Waals surface area contributed by atoms with Gasteiger partial charge in [-0.05, 0) is 34.9 Å². The van der Waals surface area contributed by atoms with Gasteiger partial charge in [-0.25, -0.2) is 0 Å². The maximum absolute atomic E-state index is 4.78. The van der Waals surface area contributed by atoms with Crippen molar-refractivity contribution in [3.8, 4) is 0 Å². The van der Waals surface area contributed by atoms with E-state index in [0.717, 1.165) is 17.7 Å². The maximum Gasteiger partial charge on any atom is 0.129 e. The number of nitrogens with zero attached hydrogens (tertiary/aromatic N) is 2. The van der Waals surface area contributed by atoms with Crippen molar-refractivity contribution in [1.82, 2.24) is 0 Å². The summed E-state index contributed by atoms with van der Waals surface area (Å²) in [6.45, 7) is 0. The molecule has 2 nitrogen and oxygen atoms in total. The highest BCUT2D eigenvalue weighted by Gasteiger charge is 2.30. The van der Waals surface area contributed by atoms with Crippen LogP contribution in [0.1, 0.15) is 17.5 Å². The summed E-state index contributed by atoms with van der Waals surface area (Å²) in [6, 6.07) is 30.7. The normalized spacial score (nSPS) is 19.5. The standard InChI is InChI=1S/C24H20N2/c1-4-10-20(11-5-1)21-16-18-24(19-17-21,22-12-6-2-7-13-22)26-25-23-14-8-3-9-15-23/h1-18H,19H2. The third-order valence-corrected chi connectivity index (χ3v) is 4.65. The SMILES string of the molecule is C1=CC(N=Nc2ccccc2)(c2ccccc2)CC=C1c1ccccc1. The molecule has 4 rings (SSSR count). The fourth-order valence-electron chi connectivity index (χ4n) is 3.19. The number of hydrogen-bond donors (Lipinski definition) is 0. The second-order valence-electron chi connectivity index (χ2n) is 6.39. The van der Waals surface area contributed by atoms with Crippen LogP contribution in [0.3, 0.4) is 0 Å². The van der Waals surface area contributed by atoms with E-state index < -0.39 is 5.54 Å². The lowest BCUT2D eigenvalue weighted by Gasteiger charge is -2.28. The van der Waals surface area contributed by atoms with Gasteiger partial charge in [0.15, 0.2) is 0 Å². The first kappa shape index (κ1) is 16.2. The minimum atomic E-state index is -0.463. The molecular weight excluding hydrogens is 316 g/mol. The van der Waals surface area contributed by atoms with E-state index >= 15 is 0 Å². The summed E-state index contributed by atoms with van der Waals surface area (Å²) in [5.74, 6) is 0. The Morgan fingerprint density at radius 2 is 1.31 bits per heavy atom. The molecule has 0 spiro atoms. The molecule has 0 saturated heterocycles. The van der Waals surface area contributed by atoms with E-state index in [2.05, 4.69) is 71.9 Å². The summed E-state index contributed by atoms with van der Waals surface area (Å²) < 4.78 is 0. The van der Waals surface area contributed by atoms with Gasteiger partial charge in [-0.1, -0.05) is 91.0 Å². The quantitative estimate of drug-likeness (QED) is 0.473. The van der Waals surface area contributed by atoms with Crippen LogP contribution in [0, 0.1) is 0 Å². The second-order valence-corrected chi connectivity index (χ2v) is 6.39. The molecule has 126 valence electrons. The first-order chi connectivity index (χ1) is 12.9. The van der Waals surface area contributed by atoms with Crippen LogP contribution in [-0.2, 0) is 5.54 Å². The van der Waals surface area contributed by atoms with E-state index in [9.17, 15) is 0 Å². The number of allylic oxidation sites excluding steroid dienone is 2. The summed E-state index contributed by atoms with van der Waals surface area (Å²) in [6.07, 6.45) is 7.38. The molecule has 26 heavy (non-hydrogen) atoms. The van der Waals surface area contributed by atoms with Gasteiger partial charge in [-0.3, -0.25) is 0 Å². The van der Waals surface area contributed by atoms with Crippen LogP contribution in [0.15, 0.2) is 119 Å². The first-order valence-electron chi connectivity index (χ1n) is 8.84. The topological polar surface area (TPSA) is 24.7 Å². The van der Waals surface area contributed by atoms with Gasteiger partial charge in [0.2, 0.25) is 0 Å². The maximum atomic E-state index is 4.78. The van der Waals surface area contributed by atoms with Crippen LogP contribution < -0.4 is 0 Å². The molecule has 0 aliphatic heterocycles. The predicted octanol–water partition coefficient (Wildman–Crippen LogP) is 6.71. The van der Waals surface area contributed by atoms with E-state index in [0.29, 0.717) is 0 Å². The van der Waals surface area contributed by atoms with Crippen molar-refractivity contribution in [2.45, 2.75) is 12.0 Å². The van der Waals surface area contributed by atoms with Crippen LogP contribution in [-0.4, -0.2) is 0 Å². The molecule has 1 aliphatic carbocycles. The Morgan fingerprint density at radius 1 is 0.692 bits per heavy atom. The van der Waals surface area contributed by atoms with Gasteiger partial charge in [0.05, 0.1) is 5.69 Å². The van der Waals surface area contributed by atoms with Crippen molar-refractivity contribution in [2.24, 2.45) is 10.2 Å². The molecule has 0 saturated carbocycles. The van der Waals surface area contributed by atoms with Gasteiger partial charge in [0.25, 0.3) is 0 Å². The van der Waals surface area contributed by atoms with E-state index in [1.165, 1.54) is 11.1 Å². The van der Waals surface area contributed by atoms with Crippen molar-refractivity contribution in [1.29, 1.82) is 0 Å². The predicted molar refractivity (Wildman–Crippen MR) is 107 cm³/mol. The zero-order chi connectivity index (χ0) is 17.7. The molecule has 0 bridgehead atoms. The van der Waals surface area contributed by atoms with Gasteiger partial charge in [-0.2, -0.15) is 10.2 Å². The molecule has 3 aromatic rings. The van der Waals surface area contributed by atoms with Gasteiger partial charge < -0.3 is 0 Å². The lowest BCUT2D eigenvalue weighted by Crippen LogP contribution is -2.21. The molecule has 0 aromatic heterocycles. The van der Waals surface area contributed by atoms with Gasteiger partial charge in [0, 0.05) is 6.42 Å². The van der Waals surface area contributed by atoms with Gasteiger partial charge >= 0.3 is 0 Å². The zero-order valence-electron chi connectivity index (χ0n) is 14.5. The van der Waals surface area contributed by atoms with Crippen LogP contribution in [0.2, 0.25) is 0 Å². The highest BCUT2D eigenvalue weighted by atomic mass is 15.1. The first-order valence-corrected chi connectivity index (χ1v) is 8.84. The number of azo groups is 1.